The molecule has 0 aliphatic heterocycles. The molecule has 0 bridgehead atoms. The summed E-state index contributed by atoms with van der Waals surface area (Å²) in [5.74, 6) is -0.475. The number of aliphatic hydroxyl groups excluding tert-OH is 1. The Morgan fingerprint density at radius 3 is 2.52 bits per heavy atom. The van der Waals surface area contributed by atoms with Crippen LogP contribution in [-0.4, -0.2) is 22.6 Å². The molecule has 1 fully saturated rings. The van der Waals surface area contributed by atoms with Crippen LogP contribution in [-0.2, 0) is 4.79 Å². The summed E-state index contributed by atoms with van der Waals surface area (Å²) in [6.07, 6.45) is 3.02. The number of carbonyl (C=O) groups excluding carboxylic acids is 1. The molecule has 0 saturated heterocycles. The van der Waals surface area contributed by atoms with Crippen LogP contribution in [0.25, 0.3) is 0 Å². The van der Waals surface area contributed by atoms with E-state index in [0.29, 0.717) is 24.8 Å². The Morgan fingerprint density at radius 2 is 1.95 bits per heavy atom. The minimum Gasteiger partial charge on any atom is -0.388 e. The second-order valence-corrected chi connectivity index (χ2v) is 6.04. The zero-order valence-electron chi connectivity index (χ0n) is 12.3. The van der Waals surface area contributed by atoms with Crippen molar-refractivity contribution < 1.29 is 14.3 Å². The van der Waals surface area contributed by atoms with E-state index in [1.807, 2.05) is 6.92 Å². The highest BCUT2D eigenvalue weighted by atomic mass is 19.1. The van der Waals surface area contributed by atoms with E-state index in [1.165, 1.54) is 12.1 Å². The van der Waals surface area contributed by atoms with Crippen molar-refractivity contribution in [2.24, 2.45) is 5.73 Å². The van der Waals surface area contributed by atoms with Crippen LogP contribution in [0.5, 0.6) is 0 Å². The van der Waals surface area contributed by atoms with Gasteiger partial charge in [0.1, 0.15) is 5.82 Å². The lowest BCUT2D eigenvalue weighted by Crippen LogP contribution is -2.54. The van der Waals surface area contributed by atoms with Gasteiger partial charge in [-0.3, -0.25) is 4.79 Å². The summed E-state index contributed by atoms with van der Waals surface area (Å²) < 4.78 is 12.8. The third-order valence-corrected chi connectivity index (χ3v) is 4.16. The number of halogens is 1. The summed E-state index contributed by atoms with van der Waals surface area (Å²) in [4.78, 5) is 12.2. The van der Waals surface area contributed by atoms with Crippen molar-refractivity contribution in [2.45, 2.75) is 56.7 Å². The first-order valence-electron chi connectivity index (χ1n) is 7.44. The second kappa shape index (κ2) is 6.54. The van der Waals surface area contributed by atoms with E-state index in [1.54, 1.807) is 12.1 Å². The number of nitrogens with one attached hydrogen (secondary N) is 1. The lowest BCUT2D eigenvalue weighted by Gasteiger charge is -2.26. The van der Waals surface area contributed by atoms with Crippen molar-refractivity contribution in [1.82, 2.24) is 5.32 Å². The molecule has 0 heterocycles. The molecule has 1 aromatic carbocycles. The molecule has 4 nitrogen and oxygen atoms in total. The molecule has 1 aromatic rings. The van der Waals surface area contributed by atoms with Crippen LogP contribution in [0.4, 0.5) is 4.39 Å². The summed E-state index contributed by atoms with van der Waals surface area (Å²) in [5.41, 5.74) is 5.98. The van der Waals surface area contributed by atoms with Crippen LogP contribution in [0.15, 0.2) is 24.3 Å². The quantitative estimate of drug-likeness (QED) is 0.777. The fourth-order valence-electron chi connectivity index (χ4n) is 2.82. The van der Waals surface area contributed by atoms with Gasteiger partial charge in [-0.15, -0.1) is 0 Å². The van der Waals surface area contributed by atoms with Gasteiger partial charge in [0.25, 0.3) is 0 Å². The molecule has 4 N–H and O–H groups in total. The van der Waals surface area contributed by atoms with Gasteiger partial charge in [-0.25, -0.2) is 4.39 Å². The van der Waals surface area contributed by atoms with E-state index in [2.05, 4.69) is 5.32 Å². The zero-order valence-corrected chi connectivity index (χ0v) is 12.3. The Kier molecular flexibility index (Phi) is 4.96. The van der Waals surface area contributed by atoms with Crippen molar-refractivity contribution in [1.29, 1.82) is 0 Å². The van der Waals surface area contributed by atoms with E-state index in [0.717, 1.165) is 12.8 Å². The van der Waals surface area contributed by atoms with Gasteiger partial charge < -0.3 is 16.2 Å². The van der Waals surface area contributed by atoms with E-state index in [9.17, 15) is 14.3 Å². The highest BCUT2D eigenvalue weighted by Crippen LogP contribution is 2.27. The summed E-state index contributed by atoms with van der Waals surface area (Å²) >= 11 is 0. The third kappa shape index (κ3) is 4.02. The molecule has 1 amide bonds. The average Bonchev–Trinajstić information content (AvgIpc) is 2.87. The van der Waals surface area contributed by atoms with Gasteiger partial charge in [-0.1, -0.05) is 25.0 Å². The summed E-state index contributed by atoms with van der Waals surface area (Å²) in [5, 5.41) is 13.0. The number of amides is 1. The maximum Gasteiger partial charge on any atom is 0.240 e. The lowest BCUT2D eigenvalue weighted by atomic mass is 9.96. The van der Waals surface area contributed by atoms with Crippen molar-refractivity contribution in [2.75, 3.05) is 0 Å². The standard InChI is InChI=1S/C16H23FN2O2/c1-11(19-15(21)16(18)8-2-3-9-16)10-14(20)12-4-6-13(17)7-5-12/h4-7,11,14,20H,2-3,8-10,18H2,1H3,(H,19,21). The SMILES string of the molecule is CC(CC(O)c1ccc(F)cc1)NC(=O)C1(N)CCCC1. The summed E-state index contributed by atoms with van der Waals surface area (Å²) in [6.45, 7) is 1.84. The fraction of sp³-hybridized carbons (Fsp3) is 0.562. The number of hydrogen-bond donors (Lipinski definition) is 3. The zero-order chi connectivity index (χ0) is 15.5. The Morgan fingerprint density at radius 1 is 1.38 bits per heavy atom. The average molecular weight is 294 g/mol. The molecule has 1 saturated carbocycles. The van der Waals surface area contributed by atoms with Crippen LogP contribution < -0.4 is 11.1 Å². The monoisotopic (exact) mass is 294 g/mol. The second-order valence-electron chi connectivity index (χ2n) is 6.04. The van der Waals surface area contributed by atoms with Gasteiger partial charge >= 0.3 is 0 Å². The number of nitrogens with two attached hydrogens (primary N) is 1. The molecule has 2 atom stereocenters. The normalized spacial score (nSPS) is 20.0. The van der Waals surface area contributed by atoms with Gasteiger partial charge in [-0.2, -0.15) is 0 Å². The number of carbonyl (C=O) groups is 1. The van der Waals surface area contributed by atoms with Crippen molar-refractivity contribution >= 4 is 5.91 Å². The van der Waals surface area contributed by atoms with Gasteiger partial charge in [0.05, 0.1) is 11.6 Å². The van der Waals surface area contributed by atoms with E-state index < -0.39 is 11.6 Å². The first kappa shape index (κ1) is 15.9. The van der Waals surface area contributed by atoms with Crippen LogP contribution in [0, 0.1) is 5.82 Å². The minimum atomic E-state index is -0.755. The van der Waals surface area contributed by atoms with Crippen molar-refractivity contribution in [3.05, 3.63) is 35.6 Å². The molecule has 116 valence electrons. The first-order valence-corrected chi connectivity index (χ1v) is 7.44. The van der Waals surface area contributed by atoms with Gasteiger partial charge in [0.15, 0.2) is 0 Å². The fourth-order valence-corrected chi connectivity index (χ4v) is 2.82. The molecule has 21 heavy (non-hydrogen) atoms. The molecule has 2 unspecified atom stereocenters. The highest BCUT2D eigenvalue weighted by molar-refractivity contribution is 5.86. The Balaban J connectivity index is 1.87. The first-order chi connectivity index (χ1) is 9.90. The largest absolute Gasteiger partial charge is 0.388 e. The lowest BCUT2D eigenvalue weighted by molar-refractivity contribution is -0.127. The maximum atomic E-state index is 12.8. The Hall–Kier alpha value is -1.46. The van der Waals surface area contributed by atoms with Gasteiger partial charge in [0.2, 0.25) is 5.91 Å². The molecule has 0 aromatic heterocycles. The maximum absolute atomic E-state index is 12.8. The molecular formula is C16H23FN2O2. The molecule has 1 aliphatic carbocycles. The molecule has 0 radical (unpaired) electrons. The molecule has 5 heteroatoms. The van der Waals surface area contributed by atoms with Crippen LogP contribution in [0.1, 0.15) is 50.7 Å². The van der Waals surface area contributed by atoms with E-state index >= 15 is 0 Å². The number of hydrogen-bond acceptors (Lipinski definition) is 3. The van der Waals surface area contributed by atoms with Crippen LogP contribution in [0.3, 0.4) is 0 Å². The van der Waals surface area contributed by atoms with Crippen molar-refractivity contribution in [3.8, 4) is 0 Å². The number of rotatable bonds is 5. The predicted molar refractivity (Wildman–Crippen MR) is 79.0 cm³/mol. The minimum absolute atomic E-state index is 0.140. The Bertz CT molecular complexity index is 484. The third-order valence-electron chi connectivity index (χ3n) is 4.16. The topological polar surface area (TPSA) is 75.3 Å². The number of aliphatic hydroxyl groups is 1. The van der Waals surface area contributed by atoms with Crippen LogP contribution in [0.2, 0.25) is 0 Å². The van der Waals surface area contributed by atoms with Gasteiger partial charge in [-0.05, 0) is 43.9 Å². The molecule has 1 aliphatic rings. The van der Waals surface area contributed by atoms with E-state index in [-0.39, 0.29) is 17.8 Å². The number of benzene rings is 1. The predicted octanol–water partition coefficient (Wildman–Crippen LogP) is 2.03. The van der Waals surface area contributed by atoms with Crippen molar-refractivity contribution in [3.63, 3.8) is 0 Å². The summed E-state index contributed by atoms with van der Waals surface area (Å²) in [7, 11) is 0. The molecular weight excluding hydrogens is 271 g/mol. The molecule has 0 spiro atoms. The Labute approximate surface area is 124 Å². The van der Waals surface area contributed by atoms with E-state index in [4.69, 9.17) is 5.73 Å². The molecule has 2 rings (SSSR count). The summed E-state index contributed by atoms with van der Waals surface area (Å²) in [6, 6.07) is 5.54. The highest BCUT2D eigenvalue weighted by Gasteiger charge is 2.37. The van der Waals surface area contributed by atoms with Gasteiger partial charge in [0, 0.05) is 6.04 Å². The smallest absolute Gasteiger partial charge is 0.240 e. The van der Waals surface area contributed by atoms with Crippen LogP contribution >= 0.6 is 0 Å².